The van der Waals surface area contributed by atoms with Gasteiger partial charge in [-0.05, 0) is 46.3 Å². The Kier molecular flexibility index (Phi) is 4.59. The summed E-state index contributed by atoms with van der Waals surface area (Å²) < 4.78 is 0.613. The molecule has 2 aromatic carbocycles. The van der Waals surface area contributed by atoms with Crippen molar-refractivity contribution in [3.05, 3.63) is 58.6 Å². The first-order chi connectivity index (χ1) is 9.99. The number of carboxylic acid groups (broad SMARTS) is 1. The molecule has 2 N–H and O–H groups in total. The first-order valence-electron chi connectivity index (χ1n) is 6.11. The number of nitrogens with one attached hydrogen (secondary N) is 1. The number of urea groups is 1. The molecule has 0 aromatic heterocycles. The lowest BCUT2D eigenvalue weighted by molar-refractivity contribution is 0.0697. The third kappa shape index (κ3) is 3.61. The Morgan fingerprint density at radius 1 is 1.14 bits per heavy atom. The minimum atomic E-state index is -1.05. The Hall–Kier alpha value is -2.34. The predicted octanol–water partition coefficient (Wildman–Crippen LogP) is 3.82. The molecule has 0 aliphatic carbocycles. The lowest BCUT2D eigenvalue weighted by Crippen LogP contribution is -2.31. The third-order valence-corrected chi connectivity index (χ3v) is 3.59. The second-order valence-electron chi connectivity index (χ2n) is 4.32. The highest BCUT2D eigenvalue weighted by molar-refractivity contribution is 9.10. The molecule has 0 saturated carbocycles. The smallest absolute Gasteiger partial charge is 0.335 e. The monoisotopic (exact) mass is 348 g/mol. The molecule has 0 fully saturated rings. The van der Waals surface area contributed by atoms with E-state index in [0.29, 0.717) is 10.2 Å². The second kappa shape index (κ2) is 6.41. The summed E-state index contributed by atoms with van der Waals surface area (Å²) in [5, 5.41) is 11.7. The zero-order valence-electron chi connectivity index (χ0n) is 11.2. The minimum absolute atomic E-state index is 0.107. The van der Waals surface area contributed by atoms with Crippen LogP contribution in [0.1, 0.15) is 10.4 Å². The van der Waals surface area contributed by atoms with E-state index in [0.717, 1.165) is 5.69 Å². The molecule has 0 spiro atoms. The fourth-order valence-corrected chi connectivity index (χ4v) is 2.07. The summed E-state index contributed by atoms with van der Waals surface area (Å²) in [5.41, 5.74) is 1.25. The summed E-state index contributed by atoms with van der Waals surface area (Å²) in [6.07, 6.45) is 0. The Labute approximate surface area is 130 Å². The molecule has 0 bridgehead atoms. The van der Waals surface area contributed by atoms with Gasteiger partial charge in [-0.3, -0.25) is 4.90 Å². The maximum Gasteiger partial charge on any atom is 0.335 e. The van der Waals surface area contributed by atoms with Gasteiger partial charge in [0.25, 0.3) is 0 Å². The van der Waals surface area contributed by atoms with Gasteiger partial charge >= 0.3 is 12.0 Å². The van der Waals surface area contributed by atoms with Crippen molar-refractivity contribution in [1.29, 1.82) is 0 Å². The van der Waals surface area contributed by atoms with E-state index in [1.165, 1.54) is 17.0 Å². The van der Waals surface area contributed by atoms with Crippen LogP contribution in [0.15, 0.2) is 53.0 Å². The van der Waals surface area contributed by atoms with Gasteiger partial charge in [-0.25, -0.2) is 9.59 Å². The molecule has 0 radical (unpaired) electrons. The first kappa shape index (κ1) is 15.1. The molecular formula is C15H13BrN2O3. The lowest BCUT2D eigenvalue weighted by Gasteiger charge is -2.18. The van der Waals surface area contributed by atoms with Gasteiger partial charge in [-0.2, -0.15) is 0 Å². The Balaban J connectivity index is 2.20. The first-order valence-corrected chi connectivity index (χ1v) is 6.91. The molecule has 6 heteroatoms. The molecule has 0 aliphatic heterocycles. The van der Waals surface area contributed by atoms with Crippen LogP contribution in [0.3, 0.4) is 0 Å². The number of hydrogen-bond acceptors (Lipinski definition) is 2. The van der Waals surface area contributed by atoms with Crippen molar-refractivity contribution in [2.24, 2.45) is 0 Å². The van der Waals surface area contributed by atoms with Gasteiger partial charge in [-0.15, -0.1) is 0 Å². The molecule has 108 valence electrons. The zero-order chi connectivity index (χ0) is 15.4. The van der Waals surface area contributed by atoms with Crippen molar-refractivity contribution in [2.45, 2.75) is 0 Å². The molecule has 2 rings (SSSR count). The summed E-state index contributed by atoms with van der Waals surface area (Å²) in [4.78, 5) is 24.6. The Morgan fingerprint density at radius 2 is 1.81 bits per heavy atom. The highest BCUT2D eigenvalue weighted by Gasteiger charge is 2.13. The number of carbonyl (C=O) groups excluding carboxylic acids is 1. The van der Waals surface area contributed by atoms with Crippen LogP contribution < -0.4 is 10.2 Å². The average molecular weight is 349 g/mol. The van der Waals surface area contributed by atoms with Gasteiger partial charge in [0.15, 0.2) is 0 Å². The van der Waals surface area contributed by atoms with Crippen LogP contribution in [0.4, 0.5) is 16.2 Å². The van der Waals surface area contributed by atoms with E-state index < -0.39 is 5.97 Å². The summed E-state index contributed by atoms with van der Waals surface area (Å²) in [6, 6.07) is 13.2. The minimum Gasteiger partial charge on any atom is -0.478 e. The van der Waals surface area contributed by atoms with Crippen molar-refractivity contribution in [2.75, 3.05) is 17.3 Å². The number of para-hydroxylation sites is 1. The van der Waals surface area contributed by atoms with Crippen LogP contribution in [0.2, 0.25) is 0 Å². The molecule has 21 heavy (non-hydrogen) atoms. The molecule has 0 aliphatic rings. The number of amides is 2. The maximum atomic E-state index is 12.2. The topological polar surface area (TPSA) is 69.6 Å². The predicted molar refractivity (Wildman–Crippen MR) is 85.0 cm³/mol. The number of halogens is 1. The van der Waals surface area contributed by atoms with E-state index in [9.17, 15) is 9.59 Å². The van der Waals surface area contributed by atoms with Crippen LogP contribution in [-0.4, -0.2) is 24.2 Å². The van der Waals surface area contributed by atoms with Crippen LogP contribution in [0.25, 0.3) is 0 Å². The van der Waals surface area contributed by atoms with E-state index in [4.69, 9.17) is 5.11 Å². The number of benzene rings is 2. The molecular weight excluding hydrogens is 336 g/mol. The fraction of sp³-hybridized carbons (Fsp3) is 0.0667. The molecule has 0 saturated heterocycles. The summed E-state index contributed by atoms with van der Waals surface area (Å²) in [7, 11) is 1.64. The van der Waals surface area contributed by atoms with Gasteiger partial charge in [0.2, 0.25) is 0 Å². The van der Waals surface area contributed by atoms with E-state index in [1.54, 1.807) is 13.1 Å². The number of aromatic carboxylic acids is 1. The van der Waals surface area contributed by atoms with E-state index >= 15 is 0 Å². The fourth-order valence-electron chi connectivity index (χ4n) is 1.72. The van der Waals surface area contributed by atoms with E-state index in [-0.39, 0.29) is 11.6 Å². The Bertz CT molecular complexity index is 674. The highest BCUT2D eigenvalue weighted by Crippen LogP contribution is 2.24. The Morgan fingerprint density at radius 3 is 2.43 bits per heavy atom. The van der Waals surface area contributed by atoms with Crippen molar-refractivity contribution in [3.63, 3.8) is 0 Å². The molecule has 2 amide bonds. The number of nitrogens with zero attached hydrogens (tertiary/aromatic N) is 1. The van der Waals surface area contributed by atoms with E-state index in [2.05, 4.69) is 21.2 Å². The third-order valence-electron chi connectivity index (χ3n) is 2.90. The summed E-state index contributed by atoms with van der Waals surface area (Å²) >= 11 is 3.29. The average Bonchev–Trinajstić information content (AvgIpc) is 2.49. The van der Waals surface area contributed by atoms with Gasteiger partial charge < -0.3 is 10.4 Å². The van der Waals surface area contributed by atoms with Gasteiger partial charge in [0.05, 0.1) is 11.3 Å². The number of hydrogen-bond donors (Lipinski definition) is 2. The van der Waals surface area contributed by atoms with Crippen LogP contribution in [-0.2, 0) is 0 Å². The molecule has 0 atom stereocenters. The number of carboxylic acids is 1. The summed E-state index contributed by atoms with van der Waals surface area (Å²) in [5.74, 6) is -1.05. The van der Waals surface area contributed by atoms with Crippen molar-refractivity contribution >= 4 is 39.3 Å². The summed E-state index contributed by atoms with van der Waals surface area (Å²) in [6.45, 7) is 0. The van der Waals surface area contributed by atoms with Gasteiger partial charge in [0.1, 0.15) is 0 Å². The van der Waals surface area contributed by atoms with Crippen molar-refractivity contribution < 1.29 is 14.7 Å². The van der Waals surface area contributed by atoms with Crippen molar-refractivity contribution in [1.82, 2.24) is 0 Å². The quantitative estimate of drug-likeness (QED) is 0.885. The van der Waals surface area contributed by atoms with Crippen LogP contribution >= 0.6 is 15.9 Å². The normalized spacial score (nSPS) is 10.0. The van der Waals surface area contributed by atoms with Crippen LogP contribution in [0.5, 0.6) is 0 Å². The zero-order valence-corrected chi connectivity index (χ0v) is 12.8. The van der Waals surface area contributed by atoms with Gasteiger partial charge in [0, 0.05) is 17.2 Å². The van der Waals surface area contributed by atoms with Crippen molar-refractivity contribution in [3.8, 4) is 0 Å². The molecule has 0 heterocycles. The lowest BCUT2D eigenvalue weighted by atomic mass is 10.2. The second-order valence-corrected chi connectivity index (χ2v) is 5.18. The SMILES string of the molecule is CN(C(=O)Nc1cc(C(=O)O)ccc1Br)c1ccccc1. The highest BCUT2D eigenvalue weighted by atomic mass is 79.9. The van der Waals surface area contributed by atoms with E-state index in [1.807, 2.05) is 30.3 Å². The number of rotatable bonds is 3. The molecule has 0 unspecified atom stereocenters. The molecule has 5 nitrogen and oxygen atoms in total. The number of carbonyl (C=O) groups is 2. The molecule has 2 aromatic rings. The van der Waals surface area contributed by atoms with Crippen LogP contribution in [0, 0.1) is 0 Å². The van der Waals surface area contributed by atoms with Gasteiger partial charge in [-0.1, -0.05) is 18.2 Å². The maximum absolute atomic E-state index is 12.2. The largest absolute Gasteiger partial charge is 0.478 e. The number of anilines is 2. The standard InChI is InChI=1S/C15H13BrN2O3/c1-18(11-5-3-2-4-6-11)15(21)17-13-9-10(14(19)20)7-8-12(13)16/h2-9H,1H3,(H,17,21)(H,19,20).